The van der Waals surface area contributed by atoms with Crippen LogP contribution in [-0.4, -0.2) is 27.7 Å². The predicted molar refractivity (Wildman–Crippen MR) is 80.0 cm³/mol. The Morgan fingerprint density at radius 1 is 1.35 bits per heavy atom. The van der Waals surface area contributed by atoms with Gasteiger partial charge < -0.3 is 10.5 Å². The molecule has 0 aliphatic rings. The third-order valence-corrected chi connectivity index (χ3v) is 4.64. The van der Waals surface area contributed by atoms with Crippen LogP contribution >= 0.6 is 0 Å². The molecule has 0 heterocycles. The van der Waals surface area contributed by atoms with E-state index in [4.69, 9.17) is 10.5 Å². The summed E-state index contributed by atoms with van der Waals surface area (Å²) in [6.07, 6.45) is 0.654. The van der Waals surface area contributed by atoms with Gasteiger partial charge in [0.2, 0.25) is 10.0 Å². The Bertz CT molecular complexity index is 529. The summed E-state index contributed by atoms with van der Waals surface area (Å²) in [4.78, 5) is 0.311. The number of rotatable bonds is 8. The molecule has 5 nitrogen and oxygen atoms in total. The fraction of sp³-hybridized carbons (Fsp3) is 0.571. The lowest BCUT2D eigenvalue weighted by atomic mass is 10.1. The Labute approximate surface area is 121 Å². The molecule has 0 aliphatic heterocycles. The average Bonchev–Trinajstić information content (AvgIpc) is 2.43. The molecule has 0 aliphatic carbocycles. The van der Waals surface area contributed by atoms with E-state index in [0.717, 1.165) is 11.1 Å². The number of aryl methyl sites for hydroxylation is 1. The highest BCUT2D eigenvalue weighted by Gasteiger charge is 2.20. The summed E-state index contributed by atoms with van der Waals surface area (Å²) in [7, 11) is -3.55. The zero-order chi connectivity index (χ0) is 15.2. The topological polar surface area (TPSA) is 81.4 Å². The number of benzene rings is 1. The molecule has 1 aromatic rings. The molecular weight excluding hydrogens is 276 g/mol. The molecule has 0 aromatic heterocycles. The molecule has 0 saturated heterocycles. The highest BCUT2D eigenvalue weighted by Crippen LogP contribution is 2.18. The van der Waals surface area contributed by atoms with Crippen LogP contribution in [0.25, 0.3) is 0 Å². The van der Waals surface area contributed by atoms with Crippen molar-refractivity contribution in [3.63, 3.8) is 0 Å². The summed E-state index contributed by atoms with van der Waals surface area (Å²) in [6, 6.07) is 5.06. The van der Waals surface area contributed by atoms with Crippen molar-refractivity contribution in [2.45, 2.75) is 44.7 Å². The summed E-state index contributed by atoms with van der Waals surface area (Å²) >= 11 is 0. The summed E-state index contributed by atoms with van der Waals surface area (Å²) in [5.41, 5.74) is 7.18. The Kier molecular flexibility index (Phi) is 6.61. The van der Waals surface area contributed by atoms with E-state index >= 15 is 0 Å². The van der Waals surface area contributed by atoms with E-state index in [1.54, 1.807) is 13.0 Å². The Hall–Kier alpha value is -0.950. The van der Waals surface area contributed by atoms with Crippen LogP contribution in [0.3, 0.4) is 0 Å². The number of nitrogens with two attached hydrogens (primary N) is 1. The Morgan fingerprint density at radius 3 is 2.60 bits per heavy atom. The molecular formula is C14H24N2O3S. The van der Waals surface area contributed by atoms with Gasteiger partial charge in [0.05, 0.1) is 11.5 Å². The highest BCUT2D eigenvalue weighted by molar-refractivity contribution is 7.89. The zero-order valence-electron chi connectivity index (χ0n) is 12.3. The molecule has 1 atom stereocenters. The van der Waals surface area contributed by atoms with Gasteiger partial charge in [0.1, 0.15) is 0 Å². The van der Waals surface area contributed by atoms with Crippen molar-refractivity contribution in [3.8, 4) is 0 Å². The van der Waals surface area contributed by atoms with Crippen LogP contribution in [0.2, 0.25) is 0 Å². The van der Waals surface area contributed by atoms with Crippen molar-refractivity contribution in [1.29, 1.82) is 0 Å². The van der Waals surface area contributed by atoms with Gasteiger partial charge in [-0.1, -0.05) is 19.1 Å². The van der Waals surface area contributed by atoms with E-state index in [-0.39, 0.29) is 6.04 Å². The Morgan fingerprint density at radius 2 is 2.05 bits per heavy atom. The normalized spacial score (nSPS) is 13.4. The van der Waals surface area contributed by atoms with Gasteiger partial charge in [0.15, 0.2) is 0 Å². The molecule has 0 amide bonds. The third kappa shape index (κ3) is 4.56. The van der Waals surface area contributed by atoms with Gasteiger partial charge >= 0.3 is 0 Å². The maximum Gasteiger partial charge on any atom is 0.241 e. The quantitative estimate of drug-likeness (QED) is 0.760. The van der Waals surface area contributed by atoms with Gasteiger partial charge in [-0.15, -0.1) is 0 Å². The number of hydrogen-bond donors (Lipinski definition) is 2. The van der Waals surface area contributed by atoms with Crippen LogP contribution in [0.4, 0.5) is 0 Å². The van der Waals surface area contributed by atoms with Gasteiger partial charge in [0, 0.05) is 19.2 Å². The molecule has 0 spiro atoms. The van der Waals surface area contributed by atoms with Crippen molar-refractivity contribution in [2.24, 2.45) is 5.73 Å². The molecule has 0 saturated carbocycles. The summed E-state index contributed by atoms with van der Waals surface area (Å²) in [6.45, 7) is 6.83. The first-order valence-corrected chi connectivity index (χ1v) is 8.34. The fourth-order valence-corrected chi connectivity index (χ4v) is 3.51. The van der Waals surface area contributed by atoms with Gasteiger partial charge in [-0.3, -0.25) is 0 Å². The highest BCUT2D eigenvalue weighted by atomic mass is 32.2. The van der Waals surface area contributed by atoms with E-state index < -0.39 is 10.0 Å². The smallest absolute Gasteiger partial charge is 0.241 e. The molecule has 1 rings (SSSR count). The SMILES string of the molecule is CCOCC(C)NS(=O)(=O)c1cc(CN)ccc1CC. The molecule has 3 N–H and O–H groups in total. The largest absolute Gasteiger partial charge is 0.380 e. The molecule has 0 bridgehead atoms. The zero-order valence-corrected chi connectivity index (χ0v) is 13.2. The number of sulfonamides is 1. The lowest BCUT2D eigenvalue weighted by Crippen LogP contribution is -2.36. The number of nitrogens with one attached hydrogen (secondary N) is 1. The predicted octanol–water partition coefficient (Wildman–Crippen LogP) is 1.41. The minimum Gasteiger partial charge on any atom is -0.380 e. The molecule has 0 radical (unpaired) electrons. The minimum atomic E-state index is -3.55. The fourth-order valence-electron chi connectivity index (χ4n) is 1.93. The second-order valence-electron chi connectivity index (χ2n) is 4.68. The van der Waals surface area contributed by atoms with Crippen LogP contribution in [0.5, 0.6) is 0 Å². The van der Waals surface area contributed by atoms with Crippen molar-refractivity contribution < 1.29 is 13.2 Å². The molecule has 0 fully saturated rings. The van der Waals surface area contributed by atoms with Crippen LogP contribution in [0, 0.1) is 0 Å². The third-order valence-electron chi connectivity index (χ3n) is 2.97. The number of hydrogen-bond acceptors (Lipinski definition) is 4. The van der Waals surface area contributed by atoms with Gasteiger partial charge in [-0.25, -0.2) is 13.1 Å². The van der Waals surface area contributed by atoms with Crippen LogP contribution < -0.4 is 10.5 Å². The maximum absolute atomic E-state index is 12.4. The standard InChI is InChI=1S/C14H24N2O3S/c1-4-13-7-6-12(9-15)8-14(13)20(17,18)16-11(3)10-19-5-2/h6-8,11,16H,4-5,9-10,15H2,1-3H3. The molecule has 6 heteroatoms. The average molecular weight is 300 g/mol. The molecule has 20 heavy (non-hydrogen) atoms. The lowest BCUT2D eigenvalue weighted by Gasteiger charge is -2.16. The van der Waals surface area contributed by atoms with Gasteiger partial charge in [0.25, 0.3) is 0 Å². The van der Waals surface area contributed by atoms with Crippen molar-refractivity contribution in [3.05, 3.63) is 29.3 Å². The lowest BCUT2D eigenvalue weighted by molar-refractivity contribution is 0.133. The van der Waals surface area contributed by atoms with E-state index in [0.29, 0.717) is 31.1 Å². The minimum absolute atomic E-state index is 0.272. The van der Waals surface area contributed by atoms with E-state index in [2.05, 4.69) is 4.72 Å². The first-order valence-electron chi connectivity index (χ1n) is 6.86. The van der Waals surface area contributed by atoms with Crippen molar-refractivity contribution in [1.82, 2.24) is 4.72 Å². The van der Waals surface area contributed by atoms with E-state index in [9.17, 15) is 8.42 Å². The van der Waals surface area contributed by atoms with Crippen molar-refractivity contribution in [2.75, 3.05) is 13.2 Å². The monoisotopic (exact) mass is 300 g/mol. The Balaban J connectivity index is 3.01. The molecule has 114 valence electrons. The second-order valence-corrected chi connectivity index (χ2v) is 6.36. The van der Waals surface area contributed by atoms with E-state index in [1.807, 2.05) is 26.0 Å². The van der Waals surface area contributed by atoms with E-state index in [1.165, 1.54) is 0 Å². The summed E-state index contributed by atoms with van der Waals surface area (Å²) in [5, 5.41) is 0. The summed E-state index contributed by atoms with van der Waals surface area (Å²) in [5.74, 6) is 0. The van der Waals surface area contributed by atoms with Crippen LogP contribution in [0.1, 0.15) is 31.9 Å². The van der Waals surface area contributed by atoms with Gasteiger partial charge in [-0.2, -0.15) is 0 Å². The van der Waals surface area contributed by atoms with Gasteiger partial charge in [-0.05, 0) is 37.5 Å². The van der Waals surface area contributed by atoms with Crippen molar-refractivity contribution >= 4 is 10.0 Å². The molecule has 1 unspecified atom stereocenters. The maximum atomic E-state index is 12.4. The molecule has 1 aromatic carbocycles. The van der Waals surface area contributed by atoms with Crippen LogP contribution in [0.15, 0.2) is 23.1 Å². The van der Waals surface area contributed by atoms with Crippen LogP contribution in [-0.2, 0) is 27.7 Å². The summed E-state index contributed by atoms with van der Waals surface area (Å²) < 4.78 is 32.8. The number of ether oxygens (including phenoxy) is 1. The first-order chi connectivity index (χ1) is 9.44. The first kappa shape index (κ1) is 17.1. The second kappa shape index (κ2) is 7.73.